The molecule has 5 aliphatic rings. The molecule has 298 valence electrons. The van der Waals surface area contributed by atoms with Gasteiger partial charge in [0.2, 0.25) is 17.8 Å². The van der Waals surface area contributed by atoms with Gasteiger partial charge >= 0.3 is 11.9 Å². The van der Waals surface area contributed by atoms with E-state index in [2.05, 4.69) is 15.5 Å². The van der Waals surface area contributed by atoms with E-state index in [0.717, 1.165) is 22.3 Å². The molecule has 0 unspecified atom stereocenters. The van der Waals surface area contributed by atoms with E-state index in [9.17, 15) is 54.0 Å². The average molecular weight is 815 g/mol. The van der Waals surface area contributed by atoms with Gasteiger partial charge < -0.3 is 50.7 Å². The number of aromatic nitrogens is 1. The fraction of sp³-hybridized carbons (Fsp3) is 0.457. The summed E-state index contributed by atoms with van der Waals surface area (Å²) < 4.78 is 0.567. The third-order valence-electron chi connectivity index (χ3n) is 10.9. The third-order valence-corrected chi connectivity index (χ3v) is 13.0. The number of oxime groups is 1. The van der Waals surface area contributed by atoms with Gasteiger partial charge in [0.05, 0.1) is 49.0 Å². The van der Waals surface area contributed by atoms with E-state index in [0.29, 0.717) is 55.5 Å². The summed E-state index contributed by atoms with van der Waals surface area (Å²) in [4.78, 5) is 97.8. The van der Waals surface area contributed by atoms with Crippen molar-refractivity contribution in [2.45, 2.75) is 50.5 Å². The summed E-state index contributed by atoms with van der Waals surface area (Å²) in [5.74, 6) is -9.31. The van der Waals surface area contributed by atoms with E-state index in [-0.39, 0.29) is 51.1 Å². The van der Waals surface area contributed by atoms with Crippen LogP contribution >= 0.6 is 23.1 Å². The molecular weight excluding hydrogens is 777 g/mol. The molecule has 2 bridgehead atoms. The predicted octanol–water partition coefficient (Wildman–Crippen LogP) is -0.412. The fourth-order valence-corrected chi connectivity index (χ4v) is 9.67. The molecule has 19 nitrogen and oxygen atoms in total. The number of carbonyl (C=O) groups excluding carboxylic acids is 5. The van der Waals surface area contributed by atoms with Crippen LogP contribution in [0.15, 0.2) is 33.9 Å². The number of quaternary nitrogens is 1. The minimum Gasteiger partial charge on any atom is -0.543 e. The number of phenols is 2. The number of aryl methyl sites for hydroxylation is 1. The Morgan fingerprint density at radius 2 is 1.82 bits per heavy atom. The van der Waals surface area contributed by atoms with Gasteiger partial charge in [-0.3, -0.25) is 28.9 Å². The van der Waals surface area contributed by atoms with Gasteiger partial charge in [0.1, 0.15) is 12.2 Å². The number of hydrogen-bond acceptors (Lipinski definition) is 16. The number of carboxylic acids is 3. The Bertz CT molecular complexity index is 2050. The lowest BCUT2D eigenvalue weighted by molar-refractivity contribution is -0.941. The molecular formula is C35H38N6O13S2. The first-order valence-electron chi connectivity index (χ1n) is 17.4. The van der Waals surface area contributed by atoms with Crippen molar-refractivity contribution in [3.05, 3.63) is 45.6 Å². The quantitative estimate of drug-likeness (QED) is 0.0239. The number of nitrogens with one attached hydrogen (secondary N) is 1. The van der Waals surface area contributed by atoms with E-state index < -0.39 is 83.0 Å². The summed E-state index contributed by atoms with van der Waals surface area (Å²) in [5.41, 5.74) is 5.39. The molecule has 21 heteroatoms. The number of carboxylic acid groups (broad SMARTS) is 3. The molecule has 7 rings (SSSR count). The predicted molar refractivity (Wildman–Crippen MR) is 194 cm³/mol. The lowest BCUT2D eigenvalue weighted by Gasteiger charge is -2.56. The largest absolute Gasteiger partial charge is 0.543 e. The number of nitrogen functional groups attached to an aromatic ring is 1. The number of aromatic hydroxyl groups is 2. The fourth-order valence-electron chi connectivity index (χ4n) is 7.72. The number of ketones is 2. The lowest BCUT2D eigenvalue weighted by atomic mass is 9.70. The van der Waals surface area contributed by atoms with Crippen molar-refractivity contribution in [3.8, 4) is 11.5 Å². The molecule has 6 heterocycles. The Labute approximate surface area is 326 Å². The maximum absolute atomic E-state index is 13.5. The molecule has 0 spiro atoms. The zero-order valence-electron chi connectivity index (χ0n) is 29.9. The lowest BCUT2D eigenvalue weighted by Crippen LogP contribution is -2.66. The summed E-state index contributed by atoms with van der Waals surface area (Å²) in [6.45, 7) is 4.10. The normalized spacial score (nSPS) is 24.8. The first-order valence-corrected chi connectivity index (χ1v) is 19.4. The highest BCUT2D eigenvalue weighted by atomic mass is 32.2. The number of piperidine rings is 3. The summed E-state index contributed by atoms with van der Waals surface area (Å²) in [7, 11) is 0. The zero-order valence-corrected chi connectivity index (χ0v) is 31.5. The monoisotopic (exact) mass is 814 g/mol. The number of amides is 2. The summed E-state index contributed by atoms with van der Waals surface area (Å²) in [6, 6.07) is 2.37. The van der Waals surface area contributed by atoms with Crippen molar-refractivity contribution < 1.29 is 68.4 Å². The number of Topliss-reactive ketones (excluding diaryl/α,β-unsaturated/α-hetero) is 2. The van der Waals surface area contributed by atoms with Crippen LogP contribution in [0.2, 0.25) is 0 Å². The molecule has 0 aliphatic carbocycles. The molecule has 2 amide bonds. The second-order valence-electron chi connectivity index (χ2n) is 14.5. The average Bonchev–Trinajstić information content (AvgIpc) is 3.59. The molecule has 7 N–H and O–H groups in total. The molecule has 4 saturated heterocycles. The molecule has 0 radical (unpaired) electrons. The number of nitrogens with two attached hydrogens (primary N) is 1. The maximum Gasteiger partial charge on any atom is 0.348 e. The van der Waals surface area contributed by atoms with Crippen LogP contribution in [0.1, 0.15) is 53.7 Å². The van der Waals surface area contributed by atoms with E-state index in [4.69, 9.17) is 15.7 Å². The van der Waals surface area contributed by atoms with Crippen LogP contribution < -0.4 is 16.2 Å². The number of benzene rings is 1. The van der Waals surface area contributed by atoms with Gasteiger partial charge in [0.25, 0.3) is 5.91 Å². The number of hydrogen-bond donors (Lipinski definition) is 6. The van der Waals surface area contributed by atoms with Crippen LogP contribution in [0, 0.1) is 18.3 Å². The van der Waals surface area contributed by atoms with Gasteiger partial charge in [0, 0.05) is 59.9 Å². The highest BCUT2D eigenvalue weighted by Crippen LogP contribution is 2.48. The first kappa shape index (κ1) is 40.1. The van der Waals surface area contributed by atoms with Crippen LogP contribution in [-0.2, 0) is 33.6 Å². The Hall–Kier alpha value is -5.54. The van der Waals surface area contributed by atoms with E-state index >= 15 is 0 Å². The highest BCUT2D eigenvalue weighted by molar-refractivity contribution is 8.00. The molecule has 3 atom stereocenters. The van der Waals surface area contributed by atoms with Crippen LogP contribution in [0.3, 0.4) is 0 Å². The van der Waals surface area contributed by atoms with Gasteiger partial charge in [-0.2, -0.15) is 0 Å². The van der Waals surface area contributed by atoms with E-state index in [1.165, 1.54) is 30.1 Å². The minimum absolute atomic E-state index is 0.0472. The van der Waals surface area contributed by atoms with Crippen LogP contribution in [0.4, 0.5) is 5.13 Å². The number of fused-ring (bicyclic) bond motifs is 4. The van der Waals surface area contributed by atoms with Crippen LogP contribution in [0.5, 0.6) is 11.5 Å². The van der Waals surface area contributed by atoms with Gasteiger partial charge in [-0.1, -0.05) is 5.16 Å². The van der Waals surface area contributed by atoms with Gasteiger partial charge in [-0.25, -0.2) is 9.78 Å². The molecule has 1 aromatic heterocycles. The Morgan fingerprint density at radius 3 is 2.39 bits per heavy atom. The van der Waals surface area contributed by atoms with Gasteiger partial charge in [-0.05, 0) is 24.6 Å². The molecule has 2 aromatic rings. The zero-order chi connectivity index (χ0) is 40.7. The first-order chi connectivity index (χ1) is 26.4. The summed E-state index contributed by atoms with van der Waals surface area (Å²) >= 11 is 2.25. The van der Waals surface area contributed by atoms with E-state index in [1.807, 2.05) is 0 Å². The number of thioether (sulfide) groups is 1. The number of β-lactam (4-membered cyclic amide) rings is 1. The Balaban J connectivity index is 1.09. The van der Waals surface area contributed by atoms with Gasteiger partial charge in [-0.15, -0.1) is 23.1 Å². The second-order valence-corrected chi connectivity index (χ2v) is 16.5. The summed E-state index contributed by atoms with van der Waals surface area (Å²) in [6.07, 6.45) is -1.25. The second kappa shape index (κ2) is 15.5. The Kier molecular flexibility index (Phi) is 11.1. The van der Waals surface area contributed by atoms with Crippen molar-refractivity contribution in [1.82, 2.24) is 15.2 Å². The molecule has 0 saturated carbocycles. The number of thiazole rings is 1. The topological polar surface area (TPSA) is 299 Å². The molecule has 1 aromatic carbocycles. The standard InChI is InChI=1S/C35H38N6O13S2/c1-16-8-17(9-22(43)27(16)46)28(47)29(48)37-15-35-2-5-41(6-3-35,7-4-35)12-18-13-55-31-19(30(49)40(31)26(18)33(52)53)10-21(42)25(20-14-56-34(36)38-20)39-54-23(32(50)51)11-24(44)45/h8-9,14,19,23,31H,2-7,10-13,15H2,1H3,(H7-,36,37,38,39,42,43,44,45,46,47,48,50,51,52,53)/t19-,23+,31-,35?,41?/m1/s1. The number of anilines is 1. The molecule has 5 aliphatic heterocycles. The number of phenolic OH excluding ortho intramolecular Hbond substituents is 2. The third kappa shape index (κ3) is 7.91. The van der Waals surface area contributed by atoms with Crippen molar-refractivity contribution in [2.75, 3.05) is 44.2 Å². The van der Waals surface area contributed by atoms with Crippen molar-refractivity contribution in [1.29, 1.82) is 0 Å². The minimum atomic E-state index is -1.92. The SMILES string of the molecule is Cc1cc(C(=O)C(=O)NCC23CC[N+](CC4=C(C(=O)[O-])N5C(=O)[C@@H](CC(=O)/C(=N\O[C@@H](CC(=O)O)C(=O)O)c6csc(N)n6)[C@H]5SC4)(CC2)CC3)cc(O)c1O. The van der Waals surface area contributed by atoms with Crippen molar-refractivity contribution in [2.24, 2.45) is 16.5 Å². The highest BCUT2D eigenvalue weighted by Gasteiger charge is 2.55. The number of nitrogens with zero attached hydrogens (tertiary/aromatic N) is 4. The van der Waals surface area contributed by atoms with Crippen LogP contribution in [-0.4, -0.2) is 132 Å². The summed E-state index contributed by atoms with van der Waals surface area (Å²) in [5, 5.41) is 57.6. The maximum atomic E-state index is 13.5. The molecule has 4 fully saturated rings. The van der Waals surface area contributed by atoms with Crippen molar-refractivity contribution >= 4 is 75.2 Å². The Morgan fingerprint density at radius 1 is 1.14 bits per heavy atom. The number of carbonyl (C=O) groups is 7. The smallest absolute Gasteiger partial charge is 0.348 e. The van der Waals surface area contributed by atoms with Gasteiger partial charge in [0.15, 0.2) is 28.1 Å². The van der Waals surface area contributed by atoms with Crippen LogP contribution in [0.25, 0.3) is 0 Å². The number of rotatable bonds is 16. The molecule has 56 heavy (non-hydrogen) atoms. The van der Waals surface area contributed by atoms with E-state index in [1.54, 1.807) is 0 Å². The van der Waals surface area contributed by atoms with Crippen molar-refractivity contribution in [3.63, 3.8) is 0 Å². The number of aliphatic carboxylic acids is 3.